The van der Waals surface area contributed by atoms with Crippen LogP contribution >= 0.6 is 0 Å². The van der Waals surface area contributed by atoms with Crippen molar-refractivity contribution < 1.29 is 9.47 Å². The van der Waals surface area contributed by atoms with Crippen LogP contribution < -0.4 is 20.9 Å². The van der Waals surface area contributed by atoms with Crippen LogP contribution in [0.15, 0.2) is 49.0 Å². The van der Waals surface area contributed by atoms with Crippen LogP contribution in [0.4, 0.5) is 0 Å². The lowest BCUT2D eigenvalue weighted by molar-refractivity contribution is 0.297. The fourth-order valence-corrected chi connectivity index (χ4v) is 3.03. The zero-order chi connectivity index (χ0) is 21.4. The minimum Gasteiger partial charge on any atom is -0.494 e. The summed E-state index contributed by atoms with van der Waals surface area (Å²) in [6.07, 6.45) is 12.3. The number of hydrogen-bond donors (Lipinski definition) is 2. The molecule has 0 fully saturated rings. The molecule has 162 valence electrons. The van der Waals surface area contributed by atoms with Gasteiger partial charge in [0, 0.05) is 5.56 Å². The molecule has 0 amide bonds. The van der Waals surface area contributed by atoms with E-state index in [0.29, 0.717) is 13.2 Å². The number of ether oxygens (including phenoxy) is 2. The summed E-state index contributed by atoms with van der Waals surface area (Å²) in [5.74, 6) is 1.73. The van der Waals surface area contributed by atoms with E-state index in [1.165, 1.54) is 0 Å². The highest BCUT2D eigenvalue weighted by molar-refractivity contribution is 5.73. The van der Waals surface area contributed by atoms with Crippen molar-refractivity contribution in [3.05, 3.63) is 65.7 Å². The zero-order valence-corrected chi connectivity index (χ0v) is 18.0. The van der Waals surface area contributed by atoms with Crippen LogP contribution in [0.25, 0.3) is 18.2 Å². The van der Waals surface area contributed by atoms with Gasteiger partial charge in [-0.15, -0.1) is 0 Å². The number of nitrogens with two attached hydrogens (primary N) is 2. The number of rotatable bonds is 15. The number of benzene rings is 2. The molecule has 4 N–H and O–H groups in total. The second-order valence-corrected chi connectivity index (χ2v) is 7.30. The molecule has 0 aliphatic carbocycles. The summed E-state index contributed by atoms with van der Waals surface area (Å²) in [4.78, 5) is 0. The Hall–Kier alpha value is -2.56. The zero-order valence-electron chi connectivity index (χ0n) is 18.0. The summed E-state index contributed by atoms with van der Waals surface area (Å²) in [7, 11) is 0. The molecular formula is C26H36N2O2. The highest BCUT2D eigenvalue weighted by Crippen LogP contribution is 2.27. The Kier molecular flexibility index (Phi) is 11.4. The van der Waals surface area contributed by atoms with Gasteiger partial charge in [0.2, 0.25) is 0 Å². The highest BCUT2D eigenvalue weighted by atomic mass is 16.5. The van der Waals surface area contributed by atoms with Crippen molar-refractivity contribution in [3.63, 3.8) is 0 Å². The smallest absolute Gasteiger partial charge is 0.126 e. The van der Waals surface area contributed by atoms with Gasteiger partial charge in [-0.1, -0.05) is 49.1 Å². The van der Waals surface area contributed by atoms with Crippen LogP contribution in [-0.4, -0.2) is 26.3 Å². The Morgan fingerprint density at radius 1 is 0.700 bits per heavy atom. The first-order valence-electron chi connectivity index (χ1n) is 11.0. The number of hydrogen-bond acceptors (Lipinski definition) is 4. The van der Waals surface area contributed by atoms with Gasteiger partial charge in [-0.3, -0.25) is 0 Å². The molecule has 0 heterocycles. The van der Waals surface area contributed by atoms with E-state index in [0.717, 1.165) is 79.8 Å². The van der Waals surface area contributed by atoms with E-state index >= 15 is 0 Å². The molecule has 0 unspecified atom stereocenters. The third kappa shape index (κ3) is 8.85. The van der Waals surface area contributed by atoms with Crippen molar-refractivity contribution in [3.8, 4) is 11.5 Å². The summed E-state index contributed by atoms with van der Waals surface area (Å²) < 4.78 is 12.0. The largest absolute Gasteiger partial charge is 0.494 e. The molecule has 0 atom stereocenters. The monoisotopic (exact) mass is 408 g/mol. The molecule has 0 radical (unpaired) electrons. The van der Waals surface area contributed by atoms with E-state index in [9.17, 15) is 0 Å². The first kappa shape index (κ1) is 23.7. The summed E-state index contributed by atoms with van der Waals surface area (Å²) in [6.45, 7) is 6.66. The van der Waals surface area contributed by atoms with Gasteiger partial charge in [0.25, 0.3) is 0 Å². The molecule has 4 nitrogen and oxygen atoms in total. The molecule has 0 aliphatic rings. The summed E-state index contributed by atoms with van der Waals surface area (Å²) in [5, 5.41) is 0. The van der Waals surface area contributed by atoms with Gasteiger partial charge in [-0.2, -0.15) is 0 Å². The van der Waals surface area contributed by atoms with E-state index in [1.54, 1.807) is 0 Å². The van der Waals surface area contributed by atoms with Crippen LogP contribution in [0.2, 0.25) is 0 Å². The lowest BCUT2D eigenvalue weighted by Gasteiger charge is -2.12. The average Bonchev–Trinajstić information content (AvgIpc) is 2.78. The molecule has 4 heteroatoms. The van der Waals surface area contributed by atoms with Crippen molar-refractivity contribution in [2.45, 2.75) is 38.5 Å². The van der Waals surface area contributed by atoms with Crippen molar-refractivity contribution in [1.82, 2.24) is 0 Å². The van der Waals surface area contributed by atoms with E-state index in [4.69, 9.17) is 20.9 Å². The van der Waals surface area contributed by atoms with Crippen LogP contribution in [0.5, 0.6) is 11.5 Å². The first-order chi connectivity index (χ1) is 14.8. The quantitative estimate of drug-likeness (QED) is 0.301. The predicted molar refractivity (Wildman–Crippen MR) is 129 cm³/mol. The first-order valence-corrected chi connectivity index (χ1v) is 11.0. The van der Waals surface area contributed by atoms with E-state index in [1.807, 2.05) is 24.3 Å². The Morgan fingerprint density at radius 3 is 1.97 bits per heavy atom. The lowest BCUT2D eigenvalue weighted by Crippen LogP contribution is -2.03. The molecule has 0 aliphatic heterocycles. The topological polar surface area (TPSA) is 70.5 Å². The Morgan fingerprint density at radius 2 is 1.33 bits per heavy atom. The maximum absolute atomic E-state index is 6.05. The molecule has 2 rings (SSSR count). The molecule has 0 saturated carbocycles. The average molecular weight is 409 g/mol. The maximum atomic E-state index is 6.05. The second kappa shape index (κ2) is 14.4. The minimum atomic E-state index is 0.689. The third-order valence-corrected chi connectivity index (χ3v) is 4.83. The highest BCUT2D eigenvalue weighted by Gasteiger charge is 2.05. The molecule has 30 heavy (non-hydrogen) atoms. The van der Waals surface area contributed by atoms with Crippen molar-refractivity contribution in [2.24, 2.45) is 11.5 Å². The Labute approximate surface area is 181 Å². The molecule has 0 spiro atoms. The molecule has 0 bridgehead atoms. The van der Waals surface area contributed by atoms with Crippen LogP contribution in [0, 0.1) is 0 Å². The lowest BCUT2D eigenvalue weighted by atomic mass is 10.1. The van der Waals surface area contributed by atoms with Crippen LogP contribution in [0.1, 0.15) is 55.2 Å². The molecule has 2 aromatic carbocycles. The summed E-state index contributed by atoms with van der Waals surface area (Å²) in [6, 6.07) is 14.3. The van der Waals surface area contributed by atoms with Crippen molar-refractivity contribution in [1.29, 1.82) is 0 Å². The van der Waals surface area contributed by atoms with Gasteiger partial charge in [0.1, 0.15) is 11.5 Å². The fraction of sp³-hybridized carbons (Fsp3) is 0.385. The van der Waals surface area contributed by atoms with Crippen LogP contribution in [-0.2, 0) is 0 Å². The fourth-order valence-electron chi connectivity index (χ4n) is 3.03. The Balaban J connectivity index is 2.06. The Bertz CT molecular complexity index is 769. The van der Waals surface area contributed by atoms with E-state index in [2.05, 4.69) is 43.0 Å². The third-order valence-electron chi connectivity index (χ3n) is 4.83. The summed E-state index contributed by atoms with van der Waals surface area (Å²) in [5.41, 5.74) is 14.4. The standard InChI is InChI=1S/C26H36N2O2/c1-2-22-9-11-23(12-10-22)13-14-24-21-25(29-19-7-3-5-17-27)15-16-26(24)30-20-8-4-6-18-28/h2,9-16,21H,1,3-8,17-20,27-28H2/b14-13+. The molecular weight excluding hydrogens is 372 g/mol. The van der Waals surface area contributed by atoms with Gasteiger partial charge < -0.3 is 20.9 Å². The van der Waals surface area contributed by atoms with E-state index < -0.39 is 0 Å². The summed E-state index contributed by atoms with van der Waals surface area (Å²) >= 11 is 0. The minimum absolute atomic E-state index is 0.689. The van der Waals surface area contributed by atoms with Crippen molar-refractivity contribution in [2.75, 3.05) is 26.3 Å². The van der Waals surface area contributed by atoms with Gasteiger partial charge in [0.15, 0.2) is 0 Å². The van der Waals surface area contributed by atoms with Gasteiger partial charge in [-0.25, -0.2) is 0 Å². The van der Waals surface area contributed by atoms with E-state index in [-0.39, 0.29) is 0 Å². The second-order valence-electron chi connectivity index (χ2n) is 7.30. The van der Waals surface area contributed by atoms with Crippen molar-refractivity contribution >= 4 is 18.2 Å². The van der Waals surface area contributed by atoms with Crippen LogP contribution in [0.3, 0.4) is 0 Å². The predicted octanol–water partition coefficient (Wildman–Crippen LogP) is 5.52. The maximum Gasteiger partial charge on any atom is 0.126 e. The number of unbranched alkanes of at least 4 members (excludes halogenated alkanes) is 4. The van der Waals surface area contributed by atoms with Gasteiger partial charge >= 0.3 is 0 Å². The molecule has 0 saturated heterocycles. The van der Waals surface area contributed by atoms with Gasteiger partial charge in [0.05, 0.1) is 13.2 Å². The van der Waals surface area contributed by atoms with Gasteiger partial charge in [-0.05, 0) is 80.9 Å². The molecule has 0 aromatic heterocycles. The SMILES string of the molecule is C=Cc1ccc(/C=C/c2cc(OCCCCCN)ccc2OCCCCCN)cc1. The molecule has 2 aromatic rings. The normalized spacial score (nSPS) is 11.0.